The maximum absolute atomic E-state index is 13.0. The Bertz CT molecular complexity index is 564. The second-order valence-electron chi connectivity index (χ2n) is 4.36. The van der Waals surface area contributed by atoms with Gasteiger partial charge in [-0.1, -0.05) is 24.3 Å². The number of hydrogen-bond donors (Lipinski definition) is 1. The zero-order chi connectivity index (χ0) is 14.1. The van der Waals surface area contributed by atoms with Crippen molar-refractivity contribution in [3.8, 4) is 0 Å². The highest BCUT2D eigenvalue weighted by Crippen LogP contribution is 2.39. The summed E-state index contributed by atoms with van der Waals surface area (Å²) >= 11 is 0. The van der Waals surface area contributed by atoms with E-state index < -0.39 is 17.3 Å². The van der Waals surface area contributed by atoms with Crippen LogP contribution < -0.4 is 0 Å². The Balaban J connectivity index is 2.59. The first-order chi connectivity index (χ1) is 8.83. The summed E-state index contributed by atoms with van der Waals surface area (Å²) in [7, 11) is 0. The van der Waals surface area contributed by atoms with Crippen LogP contribution in [0.1, 0.15) is 23.6 Å². The first-order valence-corrected chi connectivity index (χ1v) is 5.63. The highest BCUT2D eigenvalue weighted by atomic mass is 19.4. The van der Waals surface area contributed by atoms with Crippen molar-refractivity contribution in [3.05, 3.63) is 65.5 Å². The zero-order valence-corrected chi connectivity index (χ0v) is 10.1. The molecule has 0 saturated heterocycles. The maximum Gasteiger partial charge on any atom is 0.416 e. The van der Waals surface area contributed by atoms with Crippen LogP contribution in [0, 0.1) is 0 Å². The first-order valence-electron chi connectivity index (χ1n) is 5.63. The number of halogens is 3. The molecule has 2 rings (SSSR count). The van der Waals surface area contributed by atoms with Gasteiger partial charge in [0, 0.05) is 18.0 Å². The molecular weight excluding hydrogens is 255 g/mol. The van der Waals surface area contributed by atoms with Gasteiger partial charge in [0.2, 0.25) is 0 Å². The Hall–Kier alpha value is -1.88. The minimum absolute atomic E-state index is 0.185. The monoisotopic (exact) mass is 267 g/mol. The van der Waals surface area contributed by atoms with E-state index in [4.69, 9.17) is 0 Å². The van der Waals surface area contributed by atoms with Crippen LogP contribution in [0.25, 0.3) is 0 Å². The zero-order valence-electron chi connectivity index (χ0n) is 10.1. The molecular formula is C14H12F3NO. The van der Waals surface area contributed by atoms with E-state index in [1.54, 1.807) is 12.1 Å². The average Bonchev–Trinajstić information content (AvgIpc) is 2.39. The van der Waals surface area contributed by atoms with Crippen molar-refractivity contribution >= 4 is 0 Å². The standard InChI is InChI=1S/C14H12F3NO/c1-13(19,10-5-4-8-18-9-10)11-6-2-3-7-12(11)14(15,16)17/h2-9,19H,1H3. The lowest BCUT2D eigenvalue weighted by molar-refractivity contribution is -0.139. The summed E-state index contributed by atoms with van der Waals surface area (Å²) in [5.41, 5.74) is -2.47. The number of pyridine rings is 1. The van der Waals surface area contributed by atoms with E-state index in [9.17, 15) is 18.3 Å². The molecule has 0 aliphatic rings. The van der Waals surface area contributed by atoms with E-state index in [1.807, 2.05) is 0 Å². The third kappa shape index (κ3) is 2.61. The van der Waals surface area contributed by atoms with Crippen LogP contribution >= 0.6 is 0 Å². The summed E-state index contributed by atoms with van der Waals surface area (Å²) in [6.07, 6.45) is -1.66. The molecule has 1 aromatic heterocycles. The SMILES string of the molecule is CC(O)(c1cccnc1)c1ccccc1C(F)(F)F. The molecule has 0 spiro atoms. The van der Waals surface area contributed by atoms with Crippen molar-refractivity contribution in [3.63, 3.8) is 0 Å². The molecule has 0 radical (unpaired) electrons. The van der Waals surface area contributed by atoms with Crippen LogP contribution in [0.3, 0.4) is 0 Å². The molecule has 1 atom stereocenters. The number of nitrogens with zero attached hydrogens (tertiary/aromatic N) is 1. The third-order valence-corrected chi connectivity index (χ3v) is 2.98. The van der Waals surface area contributed by atoms with Crippen molar-refractivity contribution in [2.45, 2.75) is 18.7 Å². The predicted molar refractivity (Wildman–Crippen MR) is 64.4 cm³/mol. The minimum Gasteiger partial charge on any atom is -0.381 e. The lowest BCUT2D eigenvalue weighted by atomic mass is 9.86. The lowest BCUT2D eigenvalue weighted by Gasteiger charge is -2.27. The molecule has 1 N–H and O–H groups in total. The fourth-order valence-corrected chi connectivity index (χ4v) is 1.96. The molecule has 0 saturated carbocycles. The third-order valence-electron chi connectivity index (χ3n) is 2.98. The molecule has 1 aromatic carbocycles. The van der Waals surface area contributed by atoms with Crippen molar-refractivity contribution in [2.24, 2.45) is 0 Å². The molecule has 1 unspecified atom stereocenters. The average molecular weight is 267 g/mol. The first kappa shape index (κ1) is 13.5. The van der Waals surface area contributed by atoms with Gasteiger partial charge in [0.05, 0.1) is 5.56 Å². The Morgan fingerprint density at radius 1 is 1.00 bits per heavy atom. The van der Waals surface area contributed by atoms with Gasteiger partial charge < -0.3 is 5.11 Å². The smallest absolute Gasteiger partial charge is 0.381 e. The minimum atomic E-state index is -4.51. The molecule has 19 heavy (non-hydrogen) atoms. The molecule has 0 aliphatic carbocycles. The summed E-state index contributed by atoms with van der Waals surface area (Å²) in [4.78, 5) is 3.83. The van der Waals surface area contributed by atoms with Gasteiger partial charge in [0.15, 0.2) is 0 Å². The van der Waals surface area contributed by atoms with E-state index >= 15 is 0 Å². The van der Waals surface area contributed by atoms with Crippen molar-refractivity contribution in [1.82, 2.24) is 4.98 Å². The molecule has 2 nitrogen and oxygen atoms in total. The van der Waals surface area contributed by atoms with E-state index in [1.165, 1.54) is 37.5 Å². The molecule has 100 valence electrons. The van der Waals surface area contributed by atoms with Gasteiger partial charge in [-0.25, -0.2) is 0 Å². The maximum atomic E-state index is 13.0. The highest BCUT2D eigenvalue weighted by molar-refractivity contribution is 5.40. The van der Waals surface area contributed by atoms with Gasteiger partial charge >= 0.3 is 6.18 Å². The number of alkyl halides is 3. The molecule has 0 fully saturated rings. The molecule has 5 heteroatoms. The second kappa shape index (κ2) is 4.66. The topological polar surface area (TPSA) is 33.1 Å². The Morgan fingerprint density at radius 3 is 2.16 bits per heavy atom. The van der Waals surface area contributed by atoms with E-state index in [0.29, 0.717) is 5.56 Å². The van der Waals surface area contributed by atoms with Crippen LogP contribution in [0.2, 0.25) is 0 Å². The lowest BCUT2D eigenvalue weighted by Crippen LogP contribution is -2.27. The summed E-state index contributed by atoms with van der Waals surface area (Å²) < 4.78 is 38.9. The quantitative estimate of drug-likeness (QED) is 0.905. The van der Waals surface area contributed by atoms with Gasteiger partial charge in [0.1, 0.15) is 5.60 Å². The predicted octanol–water partition coefficient (Wildman–Crippen LogP) is 3.36. The fraction of sp³-hybridized carbons (Fsp3) is 0.214. The number of hydrogen-bond acceptors (Lipinski definition) is 2. The number of aliphatic hydroxyl groups is 1. The summed E-state index contributed by atoms with van der Waals surface area (Å²) in [6.45, 7) is 1.33. The number of rotatable bonds is 2. The van der Waals surface area contributed by atoms with Crippen LogP contribution in [-0.2, 0) is 11.8 Å². The fourth-order valence-electron chi connectivity index (χ4n) is 1.96. The Labute approximate surface area is 108 Å². The van der Waals surface area contributed by atoms with Crippen molar-refractivity contribution < 1.29 is 18.3 Å². The number of aromatic nitrogens is 1. The van der Waals surface area contributed by atoms with Crippen LogP contribution in [0.15, 0.2) is 48.8 Å². The van der Waals surface area contributed by atoms with E-state index in [2.05, 4.69) is 4.98 Å². The molecule has 1 heterocycles. The summed E-state index contributed by atoms with van der Waals surface area (Å²) in [5.74, 6) is 0. The number of benzene rings is 1. The van der Waals surface area contributed by atoms with Crippen molar-refractivity contribution in [1.29, 1.82) is 0 Å². The molecule has 0 amide bonds. The summed E-state index contributed by atoms with van der Waals surface area (Å²) in [5, 5.41) is 10.5. The second-order valence-corrected chi connectivity index (χ2v) is 4.36. The Morgan fingerprint density at radius 2 is 1.63 bits per heavy atom. The molecule has 2 aromatic rings. The molecule has 0 bridgehead atoms. The van der Waals surface area contributed by atoms with E-state index in [-0.39, 0.29) is 5.56 Å². The van der Waals surface area contributed by atoms with Gasteiger partial charge in [-0.2, -0.15) is 13.2 Å². The highest BCUT2D eigenvalue weighted by Gasteiger charge is 2.39. The normalized spacial score (nSPS) is 15.0. The van der Waals surface area contributed by atoms with Crippen LogP contribution in [0.4, 0.5) is 13.2 Å². The van der Waals surface area contributed by atoms with Crippen LogP contribution in [0.5, 0.6) is 0 Å². The largest absolute Gasteiger partial charge is 0.416 e. The van der Waals surface area contributed by atoms with Crippen molar-refractivity contribution in [2.75, 3.05) is 0 Å². The van der Waals surface area contributed by atoms with Gasteiger partial charge in [0.25, 0.3) is 0 Å². The van der Waals surface area contributed by atoms with Gasteiger partial charge in [-0.15, -0.1) is 0 Å². The summed E-state index contributed by atoms with van der Waals surface area (Å²) in [6, 6.07) is 8.11. The molecule has 0 aliphatic heterocycles. The van der Waals surface area contributed by atoms with Gasteiger partial charge in [-0.3, -0.25) is 4.98 Å². The van der Waals surface area contributed by atoms with Crippen LogP contribution in [-0.4, -0.2) is 10.1 Å². The Kier molecular flexibility index (Phi) is 3.32. The van der Waals surface area contributed by atoms with Gasteiger partial charge in [-0.05, 0) is 24.6 Å². The van der Waals surface area contributed by atoms with E-state index in [0.717, 1.165) is 6.07 Å².